The van der Waals surface area contributed by atoms with Crippen LogP contribution in [0.15, 0.2) is 71.9 Å². The summed E-state index contributed by atoms with van der Waals surface area (Å²) in [5.74, 6) is 0.322. The number of allylic oxidation sites excluding steroid dienone is 1. The Morgan fingerprint density at radius 1 is 1.15 bits per heavy atom. The number of carbonyl (C=O) groups excluding carboxylic acids is 1. The molecule has 0 aromatic heterocycles. The number of methoxy groups -OCH3 is 1. The van der Waals surface area contributed by atoms with Crippen LogP contribution in [0.25, 0.3) is 6.08 Å². The summed E-state index contributed by atoms with van der Waals surface area (Å²) >= 11 is 0. The number of hydrogen-bond donors (Lipinski definition) is 0. The van der Waals surface area contributed by atoms with Crippen molar-refractivity contribution >= 4 is 17.7 Å². The Balaban J connectivity index is 1.97. The fourth-order valence-electron chi connectivity index (χ4n) is 2.88. The minimum atomic E-state index is -0.512. The van der Waals surface area contributed by atoms with Crippen molar-refractivity contribution in [2.45, 2.75) is 13.0 Å². The van der Waals surface area contributed by atoms with Crippen molar-refractivity contribution in [3.05, 3.63) is 87.6 Å². The van der Waals surface area contributed by atoms with Gasteiger partial charge in [0.2, 0.25) is 0 Å². The quantitative estimate of drug-likeness (QED) is 0.357. The zero-order valence-electron chi connectivity index (χ0n) is 14.5. The molecule has 0 radical (unpaired) electrons. The molecule has 1 saturated heterocycles. The lowest BCUT2D eigenvalue weighted by Crippen LogP contribution is -2.55. The van der Waals surface area contributed by atoms with Gasteiger partial charge in [0.25, 0.3) is 11.6 Å². The number of β-lactam (4-membered cyclic amide) rings is 1. The second-order valence-corrected chi connectivity index (χ2v) is 5.84. The smallest absolute Gasteiger partial charge is 0.264 e. The van der Waals surface area contributed by atoms with Crippen molar-refractivity contribution in [3.63, 3.8) is 0 Å². The number of nitro groups is 1. The largest absolute Gasteiger partial charge is 0.497 e. The number of ether oxygens (including phenoxy) is 1. The third kappa shape index (κ3) is 3.21. The first-order valence-corrected chi connectivity index (χ1v) is 8.09. The predicted molar refractivity (Wildman–Crippen MR) is 99.4 cm³/mol. The molecule has 1 aliphatic rings. The molecule has 26 heavy (non-hydrogen) atoms. The van der Waals surface area contributed by atoms with Crippen LogP contribution < -0.4 is 9.64 Å². The second-order valence-electron chi connectivity index (χ2n) is 5.84. The summed E-state index contributed by atoms with van der Waals surface area (Å²) in [5.41, 5.74) is 1.71. The van der Waals surface area contributed by atoms with E-state index >= 15 is 0 Å². The van der Waals surface area contributed by atoms with Crippen LogP contribution in [0.3, 0.4) is 0 Å². The zero-order valence-corrected chi connectivity index (χ0v) is 14.5. The van der Waals surface area contributed by atoms with E-state index in [0.717, 1.165) is 5.56 Å². The van der Waals surface area contributed by atoms with Crippen molar-refractivity contribution in [2.75, 3.05) is 12.0 Å². The molecular formula is C20H18N2O4. The maximum absolute atomic E-state index is 12.6. The first kappa shape index (κ1) is 17.4. The number of amides is 1. The first-order chi connectivity index (χ1) is 12.5. The van der Waals surface area contributed by atoms with E-state index in [-0.39, 0.29) is 17.2 Å². The molecule has 2 aromatic carbocycles. The van der Waals surface area contributed by atoms with Crippen molar-refractivity contribution in [2.24, 2.45) is 0 Å². The highest BCUT2D eigenvalue weighted by Gasteiger charge is 2.46. The van der Waals surface area contributed by atoms with E-state index in [0.29, 0.717) is 11.4 Å². The monoisotopic (exact) mass is 350 g/mol. The van der Waals surface area contributed by atoms with E-state index in [1.807, 2.05) is 42.5 Å². The predicted octanol–water partition coefficient (Wildman–Crippen LogP) is 3.67. The molecule has 1 unspecified atom stereocenters. The van der Waals surface area contributed by atoms with Gasteiger partial charge in [-0.15, -0.1) is 0 Å². The molecule has 0 bridgehead atoms. The normalized spacial score (nSPS) is 18.6. The van der Waals surface area contributed by atoms with Crippen molar-refractivity contribution in [1.29, 1.82) is 0 Å². The fourth-order valence-corrected chi connectivity index (χ4v) is 2.88. The molecule has 1 heterocycles. The van der Waals surface area contributed by atoms with Gasteiger partial charge in [0.1, 0.15) is 11.3 Å². The minimum Gasteiger partial charge on any atom is -0.497 e. The lowest BCUT2D eigenvalue weighted by Gasteiger charge is -2.40. The van der Waals surface area contributed by atoms with Gasteiger partial charge >= 0.3 is 0 Å². The van der Waals surface area contributed by atoms with Crippen LogP contribution in [0.4, 0.5) is 5.69 Å². The average molecular weight is 350 g/mol. The van der Waals surface area contributed by atoms with Gasteiger partial charge in [-0.3, -0.25) is 19.8 Å². The molecule has 1 atom stereocenters. The van der Waals surface area contributed by atoms with Crippen LogP contribution >= 0.6 is 0 Å². The van der Waals surface area contributed by atoms with Gasteiger partial charge in [-0.1, -0.05) is 42.5 Å². The molecule has 3 rings (SSSR count). The molecule has 1 fully saturated rings. The summed E-state index contributed by atoms with van der Waals surface area (Å²) in [5, 5.41) is 11.2. The van der Waals surface area contributed by atoms with Crippen LogP contribution in [0.1, 0.15) is 12.5 Å². The van der Waals surface area contributed by atoms with Gasteiger partial charge in [0.15, 0.2) is 0 Å². The Kier molecular flexibility index (Phi) is 4.84. The number of nitrogens with zero attached hydrogens (tertiary/aromatic N) is 2. The minimum absolute atomic E-state index is 0.123. The van der Waals surface area contributed by atoms with Crippen LogP contribution in [0.2, 0.25) is 0 Å². The molecule has 2 aromatic rings. The van der Waals surface area contributed by atoms with Gasteiger partial charge in [-0.2, -0.15) is 0 Å². The molecule has 0 spiro atoms. The summed E-state index contributed by atoms with van der Waals surface area (Å²) in [7, 11) is 1.57. The van der Waals surface area contributed by atoms with Crippen LogP contribution in [-0.4, -0.2) is 24.0 Å². The van der Waals surface area contributed by atoms with E-state index in [1.165, 1.54) is 6.92 Å². The second kappa shape index (κ2) is 7.23. The Morgan fingerprint density at radius 2 is 1.81 bits per heavy atom. The molecule has 0 saturated carbocycles. The van der Waals surface area contributed by atoms with Crippen LogP contribution in [-0.2, 0) is 4.79 Å². The third-order valence-corrected chi connectivity index (χ3v) is 4.31. The zero-order chi connectivity index (χ0) is 18.7. The summed E-state index contributed by atoms with van der Waals surface area (Å²) in [6, 6.07) is 16.1. The van der Waals surface area contributed by atoms with Crippen molar-refractivity contribution in [1.82, 2.24) is 0 Å². The number of benzene rings is 2. The number of rotatable bonds is 5. The van der Waals surface area contributed by atoms with E-state index in [2.05, 4.69) is 0 Å². The fraction of sp³-hybridized carbons (Fsp3) is 0.150. The molecular weight excluding hydrogens is 332 g/mol. The van der Waals surface area contributed by atoms with E-state index in [4.69, 9.17) is 4.74 Å². The molecule has 132 valence electrons. The SMILES string of the molecule is COc1ccc(N2C(=O)/C(=C(/C)[N+](=O)[O-])C2/C=C/c2ccccc2)cc1. The van der Waals surface area contributed by atoms with Crippen LogP contribution in [0, 0.1) is 10.1 Å². The van der Waals surface area contributed by atoms with Gasteiger partial charge < -0.3 is 4.74 Å². The van der Waals surface area contributed by atoms with Crippen LogP contribution in [0.5, 0.6) is 5.75 Å². The molecule has 0 N–H and O–H groups in total. The molecule has 0 aliphatic carbocycles. The lowest BCUT2D eigenvalue weighted by molar-refractivity contribution is -0.425. The van der Waals surface area contributed by atoms with E-state index < -0.39 is 11.0 Å². The summed E-state index contributed by atoms with van der Waals surface area (Å²) in [4.78, 5) is 24.8. The Hall–Kier alpha value is -3.41. The first-order valence-electron chi connectivity index (χ1n) is 8.09. The molecule has 6 nitrogen and oxygen atoms in total. The number of hydrogen-bond acceptors (Lipinski definition) is 4. The molecule has 6 heteroatoms. The van der Waals surface area contributed by atoms with Gasteiger partial charge in [-0.25, -0.2) is 0 Å². The Bertz CT molecular complexity index is 886. The molecule has 1 aliphatic heterocycles. The topological polar surface area (TPSA) is 72.7 Å². The summed E-state index contributed by atoms with van der Waals surface area (Å²) in [6.45, 7) is 1.36. The lowest BCUT2D eigenvalue weighted by atomic mass is 9.90. The number of anilines is 1. The van der Waals surface area contributed by atoms with Crippen molar-refractivity contribution in [3.8, 4) is 5.75 Å². The van der Waals surface area contributed by atoms with Gasteiger partial charge in [0.05, 0.1) is 18.1 Å². The average Bonchev–Trinajstić information content (AvgIpc) is 2.66. The van der Waals surface area contributed by atoms with Gasteiger partial charge in [0, 0.05) is 12.6 Å². The van der Waals surface area contributed by atoms with Gasteiger partial charge in [-0.05, 0) is 29.8 Å². The molecule has 1 amide bonds. The summed E-state index contributed by atoms with van der Waals surface area (Å²) < 4.78 is 5.13. The highest BCUT2D eigenvalue weighted by atomic mass is 16.6. The summed E-state index contributed by atoms with van der Waals surface area (Å²) in [6.07, 6.45) is 3.67. The van der Waals surface area contributed by atoms with Crippen molar-refractivity contribution < 1.29 is 14.5 Å². The number of carbonyl (C=O) groups is 1. The highest BCUT2D eigenvalue weighted by molar-refractivity contribution is 6.16. The van der Waals surface area contributed by atoms with E-state index in [9.17, 15) is 14.9 Å². The standard InChI is InChI=1S/C20H18N2O4/c1-14(22(24)25)19-18(13-8-15-6-4-3-5-7-15)21(20(19)23)16-9-11-17(26-2)12-10-16/h3-13,18H,1-2H3/b13-8+,19-14-. The Labute approximate surface area is 151 Å². The Morgan fingerprint density at radius 3 is 2.38 bits per heavy atom. The third-order valence-electron chi connectivity index (χ3n) is 4.31. The highest BCUT2D eigenvalue weighted by Crippen LogP contribution is 2.36. The maximum atomic E-state index is 12.6. The maximum Gasteiger partial charge on any atom is 0.264 e. The van der Waals surface area contributed by atoms with E-state index in [1.54, 1.807) is 36.3 Å².